The quantitative estimate of drug-likeness (QED) is 0.157. The van der Waals surface area contributed by atoms with E-state index in [1.54, 1.807) is 56.4 Å². The number of ether oxygens (including phenoxy) is 5. The Morgan fingerprint density at radius 3 is 2.36 bits per heavy atom. The third-order valence-corrected chi connectivity index (χ3v) is 8.58. The molecule has 4 aliphatic rings. The molecule has 2 bridgehead atoms. The zero-order valence-electron chi connectivity index (χ0n) is 26.4. The summed E-state index contributed by atoms with van der Waals surface area (Å²) in [6, 6.07) is -1.08. The molecule has 0 aromatic heterocycles. The first-order chi connectivity index (χ1) is 22.3. The summed E-state index contributed by atoms with van der Waals surface area (Å²) in [6.45, 7) is 3.34. The molecular formula is C33H47NO13. The molecule has 0 saturated carbocycles. The highest BCUT2D eigenvalue weighted by Gasteiger charge is 2.51. The van der Waals surface area contributed by atoms with Crippen LogP contribution >= 0.6 is 0 Å². The normalized spacial score (nSPS) is 47.2. The third kappa shape index (κ3) is 10.6. The van der Waals surface area contributed by atoms with Gasteiger partial charge < -0.3 is 60.1 Å². The number of nitrogens with two attached hydrogens (primary N) is 1. The molecule has 0 aromatic rings. The SMILES string of the molecule is C[C@@H]1C\C=C/C=C\C=C/C=C\[C@@H](O[C@H]2O[C@H](C)[C@@H](O)[C@H](N)[C@H]2O)C[C@@H]2O[C@@](O)(C[C@H](O)C[C@@H]3O[C@@H]3/C=C\C(=O)O1)C[C@@H](O)[C@H]2C(=O)O. The maximum absolute atomic E-state index is 12.3. The van der Waals surface area contributed by atoms with Crippen molar-refractivity contribution in [1.29, 1.82) is 0 Å². The number of carboxylic acid groups (broad SMARTS) is 1. The zero-order chi connectivity index (χ0) is 34.3. The lowest BCUT2D eigenvalue weighted by Gasteiger charge is -2.45. The van der Waals surface area contributed by atoms with Crippen molar-refractivity contribution in [2.75, 3.05) is 0 Å². The van der Waals surface area contributed by atoms with Gasteiger partial charge in [-0.15, -0.1) is 0 Å². The monoisotopic (exact) mass is 665 g/mol. The predicted octanol–water partition coefficient (Wildman–Crippen LogP) is 0.120. The van der Waals surface area contributed by atoms with E-state index in [9.17, 15) is 40.2 Å². The van der Waals surface area contributed by atoms with Gasteiger partial charge in [-0.2, -0.15) is 0 Å². The summed E-state index contributed by atoms with van der Waals surface area (Å²) < 4.78 is 28.5. The lowest BCUT2D eigenvalue weighted by atomic mass is 9.83. The van der Waals surface area contributed by atoms with E-state index in [0.717, 1.165) is 0 Å². The van der Waals surface area contributed by atoms with Gasteiger partial charge in [0.25, 0.3) is 0 Å². The van der Waals surface area contributed by atoms with Gasteiger partial charge in [0.05, 0.1) is 48.8 Å². The fourth-order valence-corrected chi connectivity index (χ4v) is 6.00. The molecule has 4 aliphatic heterocycles. The molecule has 47 heavy (non-hydrogen) atoms. The molecule has 8 N–H and O–H groups in total. The van der Waals surface area contributed by atoms with Gasteiger partial charge in [0, 0.05) is 38.2 Å². The number of rotatable bonds is 3. The van der Waals surface area contributed by atoms with Crippen LogP contribution in [-0.2, 0) is 33.3 Å². The van der Waals surface area contributed by atoms with Gasteiger partial charge >= 0.3 is 11.9 Å². The van der Waals surface area contributed by atoms with Gasteiger partial charge in [-0.3, -0.25) is 4.79 Å². The smallest absolute Gasteiger partial charge is 0.330 e. The Bertz CT molecular complexity index is 1220. The molecule has 0 amide bonds. The van der Waals surface area contributed by atoms with Gasteiger partial charge in [-0.1, -0.05) is 48.6 Å². The molecule has 0 aliphatic carbocycles. The van der Waals surface area contributed by atoms with E-state index in [-0.39, 0.29) is 25.4 Å². The Hall–Kier alpha value is -2.76. The summed E-state index contributed by atoms with van der Waals surface area (Å²) in [5.41, 5.74) is 5.98. The summed E-state index contributed by atoms with van der Waals surface area (Å²) in [6.07, 6.45) is 5.25. The van der Waals surface area contributed by atoms with Crippen LogP contribution in [0.1, 0.15) is 46.0 Å². The minimum absolute atomic E-state index is 0.0789. The number of carboxylic acids is 1. The number of allylic oxidation sites excluding steroid dienone is 6. The molecule has 262 valence electrons. The number of esters is 1. The van der Waals surface area contributed by atoms with Crippen LogP contribution in [0.5, 0.6) is 0 Å². The van der Waals surface area contributed by atoms with Crippen LogP contribution in [0.3, 0.4) is 0 Å². The van der Waals surface area contributed by atoms with Crippen LogP contribution in [-0.4, -0.2) is 122 Å². The molecule has 0 radical (unpaired) electrons. The van der Waals surface area contributed by atoms with Crippen LogP contribution in [0, 0.1) is 5.92 Å². The van der Waals surface area contributed by atoms with Crippen LogP contribution in [0.4, 0.5) is 0 Å². The van der Waals surface area contributed by atoms with E-state index in [4.69, 9.17) is 29.4 Å². The van der Waals surface area contributed by atoms with Crippen molar-refractivity contribution in [3.05, 3.63) is 60.8 Å². The van der Waals surface area contributed by atoms with E-state index in [0.29, 0.717) is 6.42 Å². The average molecular weight is 666 g/mol. The summed E-state index contributed by atoms with van der Waals surface area (Å²) in [7, 11) is 0. The summed E-state index contributed by atoms with van der Waals surface area (Å²) in [4.78, 5) is 24.4. The number of fused-ring (bicyclic) bond motifs is 3. The largest absolute Gasteiger partial charge is 0.481 e. The maximum atomic E-state index is 12.3. The van der Waals surface area contributed by atoms with Gasteiger partial charge in [0.15, 0.2) is 12.1 Å². The van der Waals surface area contributed by atoms with Gasteiger partial charge in [-0.05, 0) is 19.9 Å². The van der Waals surface area contributed by atoms with E-state index in [1.807, 2.05) is 6.08 Å². The first-order valence-corrected chi connectivity index (χ1v) is 15.9. The summed E-state index contributed by atoms with van der Waals surface area (Å²) in [5, 5.41) is 63.9. The van der Waals surface area contributed by atoms with Crippen molar-refractivity contribution in [2.24, 2.45) is 11.7 Å². The molecule has 0 unspecified atom stereocenters. The van der Waals surface area contributed by atoms with Gasteiger partial charge in [0.2, 0.25) is 0 Å². The van der Waals surface area contributed by atoms with Crippen molar-refractivity contribution >= 4 is 11.9 Å². The topological polar surface area (TPSA) is 231 Å². The van der Waals surface area contributed by atoms with Crippen molar-refractivity contribution in [2.45, 2.75) is 125 Å². The predicted molar refractivity (Wildman–Crippen MR) is 165 cm³/mol. The molecule has 14 nitrogen and oxygen atoms in total. The van der Waals surface area contributed by atoms with Crippen LogP contribution in [0.15, 0.2) is 60.8 Å². The maximum Gasteiger partial charge on any atom is 0.330 e. The Labute approximate surface area is 273 Å². The lowest BCUT2D eigenvalue weighted by molar-refractivity contribution is -0.308. The third-order valence-electron chi connectivity index (χ3n) is 8.58. The number of carbonyl (C=O) groups excluding carboxylic acids is 1. The fraction of sp³-hybridized carbons (Fsp3) is 0.636. The van der Waals surface area contributed by atoms with Crippen molar-refractivity contribution in [3.8, 4) is 0 Å². The molecule has 3 saturated heterocycles. The molecule has 14 atom stereocenters. The molecule has 4 heterocycles. The number of epoxide rings is 1. The van der Waals surface area contributed by atoms with E-state index in [2.05, 4.69) is 0 Å². The highest BCUT2D eigenvalue weighted by Crippen LogP contribution is 2.39. The van der Waals surface area contributed by atoms with Crippen molar-refractivity contribution in [1.82, 2.24) is 0 Å². The number of aliphatic hydroxyl groups is 5. The molecule has 3 fully saturated rings. The Morgan fingerprint density at radius 1 is 0.936 bits per heavy atom. The van der Waals surface area contributed by atoms with Crippen molar-refractivity contribution < 1.29 is 63.9 Å². The standard InChI is InChI=1S/C33H47NO13/c1-18-10-8-6-4-3-5-7-9-11-21(45-32-30(39)28(34)29(38)19(2)44-32)15-25-27(31(40)41)22(36)17-33(42,47-25)16-20(35)14-24-23(46-24)12-13-26(37)43-18/h3-9,11-13,18-25,27-30,32,35-36,38-39,42H,10,14-17,34H2,1-2H3,(H,40,41)/b4-3-,7-5-,8-6-,11-9-,13-12-/t18-,19-,20-,21-,22-,23-,24+,25+,27-,28+,29-,30-,32-,33+/m1/s1. The van der Waals surface area contributed by atoms with Crippen molar-refractivity contribution in [3.63, 3.8) is 0 Å². The minimum atomic E-state index is -2.10. The number of aliphatic carboxylic acids is 1. The summed E-state index contributed by atoms with van der Waals surface area (Å²) in [5.74, 6) is -5.45. The second-order valence-corrected chi connectivity index (χ2v) is 12.6. The van der Waals surface area contributed by atoms with E-state index >= 15 is 0 Å². The van der Waals surface area contributed by atoms with Gasteiger partial charge in [0.1, 0.15) is 24.2 Å². The Morgan fingerprint density at radius 2 is 1.64 bits per heavy atom. The molecular weight excluding hydrogens is 618 g/mol. The highest BCUT2D eigenvalue weighted by atomic mass is 16.7. The Kier molecular flexibility index (Phi) is 13.1. The number of carbonyl (C=O) groups is 2. The fourth-order valence-electron chi connectivity index (χ4n) is 6.00. The number of hydrogen-bond acceptors (Lipinski definition) is 13. The molecule has 4 rings (SSSR count). The number of hydrogen-bond donors (Lipinski definition) is 7. The second-order valence-electron chi connectivity index (χ2n) is 12.6. The summed E-state index contributed by atoms with van der Waals surface area (Å²) >= 11 is 0. The van der Waals surface area contributed by atoms with Gasteiger partial charge in [-0.25, -0.2) is 4.79 Å². The Balaban J connectivity index is 1.58. The van der Waals surface area contributed by atoms with E-state index < -0.39 is 97.3 Å². The number of cyclic esters (lactones) is 1. The van der Waals surface area contributed by atoms with Crippen LogP contribution < -0.4 is 5.73 Å². The molecule has 0 spiro atoms. The van der Waals surface area contributed by atoms with Crippen LogP contribution in [0.2, 0.25) is 0 Å². The highest BCUT2D eigenvalue weighted by molar-refractivity contribution is 5.82. The minimum Gasteiger partial charge on any atom is -0.481 e. The van der Waals surface area contributed by atoms with E-state index in [1.165, 1.54) is 12.2 Å². The zero-order valence-corrected chi connectivity index (χ0v) is 26.4. The molecule has 14 heteroatoms. The lowest BCUT2D eigenvalue weighted by Crippen LogP contribution is -2.61. The first-order valence-electron chi connectivity index (χ1n) is 15.9. The average Bonchev–Trinajstić information content (AvgIpc) is 3.72. The molecule has 0 aromatic carbocycles. The second kappa shape index (κ2) is 16.6. The first kappa shape index (κ1) is 37.1. The van der Waals surface area contributed by atoms with Crippen LogP contribution in [0.25, 0.3) is 0 Å². The number of aliphatic hydroxyl groups excluding tert-OH is 4.